The Morgan fingerprint density at radius 1 is 0.400 bits per heavy atom. The summed E-state index contributed by atoms with van der Waals surface area (Å²) < 4.78 is 247. The van der Waals surface area contributed by atoms with Crippen molar-refractivity contribution in [3.8, 4) is 0 Å². The van der Waals surface area contributed by atoms with Gasteiger partial charge in [-0.2, -0.15) is 92.2 Å². The van der Waals surface area contributed by atoms with Gasteiger partial charge in [-0.05, 0) is 32.6 Å². The first-order valence-electron chi connectivity index (χ1n) is 19.6. The van der Waals surface area contributed by atoms with Gasteiger partial charge in [0.25, 0.3) is 0 Å². The molecule has 0 aromatic carbocycles. The highest BCUT2D eigenvalue weighted by Crippen LogP contribution is 2.49. The van der Waals surface area contributed by atoms with E-state index < -0.39 is 78.2 Å². The van der Waals surface area contributed by atoms with Crippen LogP contribution in [-0.2, 0) is 0 Å². The highest BCUT2D eigenvalue weighted by Gasteiger charge is 2.64. The van der Waals surface area contributed by atoms with Gasteiger partial charge in [-0.1, -0.05) is 142 Å². The molecule has 0 heterocycles. The highest BCUT2D eigenvalue weighted by molar-refractivity contribution is 4.84. The number of hydrogen-bond acceptors (Lipinski definition) is 0. The summed E-state index contributed by atoms with van der Waals surface area (Å²) in [6.07, 6.45) is -24.2. The molecule has 0 amide bonds. The van der Waals surface area contributed by atoms with Crippen LogP contribution in [0.25, 0.3) is 0 Å². The molecule has 0 bridgehead atoms. The smallest absolute Gasteiger partial charge is 0.171 e. The Morgan fingerprint density at radius 2 is 0.650 bits per heavy atom. The van der Waals surface area contributed by atoms with E-state index in [0.717, 1.165) is 60.8 Å². The Morgan fingerprint density at radius 3 is 0.700 bits per heavy atom. The summed E-state index contributed by atoms with van der Waals surface area (Å²) in [7, 11) is 0. The van der Waals surface area contributed by atoms with Crippen molar-refractivity contribution in [2.75, 3.05) is 0 Å². The van der Waals surface area contributed by atoms with Crippen LogP contribution in [-0.4, -0.2) is 43.2 Å². The van der Waals surface area contributed by atoms with Crippen molar-refractivity contribution in [2.24, 2.45) is 34.5 Å². The number of unbranched alkanes of at least 4 members (excludes halogenated alkanes) is 4. The van der Waals surface area contributed by atoms with Crippen molar-refractivity contribution in [3.05, 3.63) is 0 Å². The maximum Gasteiger partial charge on any atom is 0.402 e. The van der Waals surface area contributed by atoms with Crippen LogP contribution in [0.5, 0.6) is 0 Å². The summed E-state index contributed by atoms with van der Waals surface area (Å²) in [5, 5.41) is 0. The summed E-state index contributed by atoms with van der Waals surface area (Å²) in [6, 6.07) is 0. The zero-order chi connectivity index (χ0) is 52.1. The van der Waals surface area contributed by atoms with Gasteiger partial charge in [0.15, 0.2) is 5.41 Å². The topological polar surface area (TPSA) is 0 Å². The van der Waals surface area contributed by atoms with Gasteiger partial charge >= 0.3 is 43.2 Å². The molecule has 0 aliphatic rings. The predicted molar refractivity (Wildman–Crippen MR) is 199 cm³/mol. The van der Waals surface area contributed by atoms with Crippen molar-refractivity contribution in [2.45, 2.75) is 219 Å². The van der Waals surface area contributed by atoms with E-state index >= 15 is 0 Å². The van der Waals surface area contributed by atoms with Gasteiger partial charge in [0.1, 0.15) is 0 Å². The summed E-state index contributed by atoms with van der Waals surface area (Å²) in [5.41, 5.74) is -5.19. The second-order valence-corrected chi connectivity index (χ2v) is 15.6. The summed E-state index contributed by atoms with van der Waals surface area (Å²) in [4.78, 5) is 0. The average molecular weight is 942 g/mol. The fourth-order valence-corrected chi connectivity index (χ4v) is 1.32. The molecule has 376 valence electrons. The van der Waals surface area contributed by atoms with Crippen LogP contribution in [0.4, 0.5) is 92.2 Å². The lowest BCUT2D eigenvalue weighted by Gasteiger charge is -2.29. The molecule has 0 radical (unpaired) electrons. The largest absolute Gasteiger partial charge is 0.402 e. The molecule has 0 saturated heterocycles. The van der Waals surface area contributed by atoms with E-state index in [1.54, 1.807) is 0 Å². The van der Waals surface area contributed by atoms with E-state index in [0.29, 0.717) is 6.42 Å². The molecule has 0 aromatic heterocycles. The minimum absolute atomic E-state index is 0.104. The molecule has 1 atom stereocenters. The Labute approximate surface area is 347 Å². The van der Waals surface area contributed by atoms with Gasteiger partial charge in [-0.3, -0.25) is 0 Å². The first kappa shape index (κ1) is 73.0. The number of halogens is 21. The number of alkyl halides is 21. The van der Waals surface area contributed by atoms with Gasteiger partial charge in [-0.25, -0.2) is 0 Å². The maximum absolute atomic E-state index is 11.6. The van der Waals surface area contributed by atoms with Crippen LogP contribution in [0.1, 0.15) is 177 Å². The first-order chi connectivity index (χ1) is 26.2. The lowest BCUT2D eigenvalue weighted by atomic mass is 9.92. The lowest BCUT2D eigenvalue weighted by molar-refractivity contribution is -0.327. The molecule has 0 saturated carbocycles. The monoisotopic (exact) mass is 942 g/mol. The molecule has 0 nitrogen and oxygen atoms in total. The normalized spacial score (nSPS) is 13.6. The van der Waals surface area contributed by atoms with E-state index in [1.165, 1.54) is 39.5 Å². The van der Waals surface area contributed by atoms with Gasteiger partial charge in [0.2, 0.25) is 0 Å². The summed E-state index contributed by atoms with van der Waals surface area (Å²) in [6.45, 7) is 23.2. The van der Waals surface area contributed by atoms with Crippen molar-refractivity contribution >= 4 is 0 Å². The molecule has 0 N–H and O–H groups in total. The first-order valence-corrected chi connectivity index (χ1v) is 19.1. The van der Waals surface area contributed by atoms with E-state index in [4.69, 9.17) is 1.37 Å². The second kappa shape index (κ2) is 34.0. The van der Waals surface area contributed by atoms with Crippen LogP contribution in [0.15, 0.2) is 0 Å². The highest BCUT2D eigenvalue weighted by atomic mass is 19.4. The molecule has 21 heteroatoms. The Balaban J connectivity index is -0.0000000887. The zero-order valence-corrected chi connectivity index (χ0v) is 38.0. The standard InChI is InChI=1S/C6H11F3.C5H6F6.2C5H9F3.2C5H12.2C4H7F3/c1-2-3-4-5-6(7,8)9;1-3(2,4(6,7)8)5(9,10)11;1-4(2,3)5(6,7)8;1-3-4(2)5(6,7)8;1-4-5(2)3;1-3-5-4-2;2*1-3(2)4(5,6)7/h2-5H2,1H3;1-2H3;1-3H3;4H,3H2,1-2H3;5H,4H2,1-3H3;3-5H2,1-2H3;2*3H,1-2H3/i;;;;;;3D;. The van der Waals surface area contributed by atoms with Crippen molar-refractivity contribution < 1.29 is 93.6 Å². The number of hydrogen-bond donors (Lipinski definition) is 0. The van der Waals surface area contributed by atoms with Gasteiger partial charge in [0.05, 0.1) is 11.3 Å². The van der Waals surface area contributed by atoms with Gasteiger partial charge < -0.3 is 0 Å². The van der Waals surface area contributed by atoms with Crippen LogP contribution in [0.3, 0.4) is 0 Å². The molecule has 0 spiro atoms. The summed E-state index contributed by atoms with van der Waals surface area (Å²) in [5.74, 6) is -3.78. The molecule has 0 aromatic rings. The number of rotatable bonds is 7. The van der Waals surface area contributed by atoms with E-state index in [1.807, 2.05) is 6.92 Å². The lowest BCUT2D eigenvalue weighted by Crippen LogP contribution is -2.44. The van der Waals surface area contributed by atoms with Crippen LogP contribution >= 0.6 is 0 Å². The van der Waals surface area contributed by atoms with Crippen molar-refractivity contribution in [3.63, 3.8) is 0 Å². The molecular formula is C39H73F21. The molecule has 0 fully saturated rings. The average Bonchev–Trinajstić information content (AvgIpc) is 2.99. The van der Waals surface area contributed by atoms with Crippen LogP contribution in [0.2, 0.25) is 0 Å². The molecule has 0 aliphatic heterocycles. The summed E-state index contributed by atoms with van der Waals surface area (Å²) >= 11 is 0. The third-order valence-electron chi connectivity index (χ3n) is 7.25. The minimum Gasteiger partial charge on any atom is -0.171 e. The van der Waals surface area contributed by atoms with E-state index in [-0.39, 0.29) is 26.7 Å². The quantitative estimate of drug-likeness (QED) is 0.176. The second-order valence-electron chi connectivity index (χ2n) is 15.6. The SMILES string of the molecule is CC(C)(C(F)(F)F)C(F)(F)F.CC(C)(C)C(F)(F)F.CC(C)C(F)(F)F.CCC(C)C.CCC(C)C(F)(F)F.CCCCC.CCCCCC(F)(F)F.[2H]C(C)(C)C(F)(F)F. The Kier molecular flexibility index (Phi) is 41.3. The molecular weight excluding hydrogens is 867 g/mol. The fraction of sp³-hybridized carbons (Fsp3) is 1.00. The molecule has 1 unspecified atom stereocenters. The van der Waals surface area contributed by atoms with Crippen LogP contribution < -0.4 is 0 Å². The third kappa shape index (κ3) is 56.5. The molecule has 0 rings (SSSR count). The van der Waals surface area contributed by atoms with Crippen molar-refractivity contribution in [1.29, 1.82) is 0 Å². The molecule has 60 heavy (non-hydrogen) atoms. The molecule has 0 aliphatic carbocycles. The zero-order valence-electron chi connectivity index (χ0n) is 39.0. The van der Waals surface area contributed by atoms with Crippen LogP contribution in [0, 0.1) is 34.5 Å². The maximum atomic E-state index is 11.6. The Hall–Kier alpha value is -1.47. The van der Waals surface area contributed by atoms with E-state index in [9.17, 15) is 92.2 Å². The van der Waals surface area contributed by atoms with Gasteiger partial charge in [-0.15, -0.1) is 0 Å². The van der Waals surface area contributed by atoms with Crippen molar-refractivity contribution in [1.82, 2.24) is 0 Å². The predicted octanol–water partition coefficient (Wildman–Crippen LogP) is 20.1. The van der Waals surface area contributed by atoms with E-state index in [2.05, 4.69) is 34.6 Å². The fourth-order valence-electron chi connectivity index (χ4n) is 1.32. The Bertz CT molecular complexity index is 884. The minimum atomic E-state index is -5.24. The van der Waals surface area contributed by atoms with Gasteiger partial charge in [0, 0.05) is 19.6 Å². The third-order valence-corrected chi connectivity index (χ3v) is 7.25.